The van der Waals surface area contributed by atoms with Crippen LogP contribution in [-0.4, -0.2) is 22.2 Å². The first kappa shape index (κ1) is 16.0. The lowest BCUT2D eigenvalue weighted by Gasteiger charge is -2.36. The standard InChI is InChI=1S/C18H20O4/c1-3-13-14(12-8-6-5-7-9-12)10-11-18(16(19)20,17(21)22)15(13)4-2/h5-11,15H,3-4H2,1-2H3,(H,19,20)(H,21,22). The van der Waals surface area contributed by atoms with Gasteiger partial charge >= 0.3 is 11.9 Å². The highest BCUT2D eigenvalue weighted by molar-refractivity contribution is 6.03. The number of hydrogen-bond donors (Lipinski definition) is 2. The van der Waals surface area contributed by atoms with Crippen LogP contribution in [0.25, 0.3) is 5.57 Å². The smallest absolute Gasteiger partial charge is 0.325 e. The third-order valence-corrected chi connectivity index (χ3v) is 4.41. The maximum absolute atomic E-state index is 11.7. The molecule has 1 aliphatic carbocycles. The second-order valence-corrected chi connectivity index (χ2v) is 5.43. The number of aliphatic carboxylic acids is 2. The molecule has 1 aromatic carbocycles. The largest absolute Gasteiger partial charge is 0.480 e. The number of carboxylic acid groups (broad SMARTS) is 2. The van der Waals surface area contributed by atoms with E-state index in [2.05, 4.69) is 0 Å². The van der Waals surface area contributed by atoms with Gasteiger partial charge in [-0.15, -0.1) is 0 Å². The number of rotatable bonds is 5. The SMILES string of the molecule is CCC1=C(c2ccccc2)C=CC(C(=O)O)(C(=O)O)C1CC. The Morgan fingerprint density at radius 1 is 1.09 bits per heavy atom. The average molecular weight is 300 g/mol. The Kier molecular flexibility index (Phi) is 4.50. The summed E-state index contributed by atoms with van der Waals surface area (Å²) in [5.41, 5.74) is 0.936. The summed E-state index contributed by atoms with van der Waals surface area (Å²) in [6.45, 7) is 3.78. The Morgan fingerprint density at radius 2 is 1.68 bits per heavy atom. The zero-order chi connectivity index (χ0) is 16.3. The van der Waals surface area contributed by atoms with Crippen molar-refractivity contribution < 1.29 is 19.8 Å². The third kappa shape index (κ3) is 2.34. The first-order valence-electron chi connectivity index (χ1n) is 7.43. The molecule has 0 radical (unpaired) electrons. The van der Waals surface area contributed by atoms with Gasteiger partial charge in [-0.1, -0.05) is 61.9 Å². The van der Waals surface area contributed by atoms with Gasteiger partial charge in [-0.05, 0) is 24.0 Å². The summed E-state index contributed by atoms with van der Waals surface area (Å²) in [6.07, 6.45) is 4.08. The van der Waals surface area contributed by atoms with Gasteiger partial charge in [0.1, 0.15) is 0 Å². The summed E-state index contributed by atoms with van der Waals surface area (Å²) in [5.74, 6) is -3.16. The Balaban J connectivity index is 2.65. The van der Waals surface area contributed by atoms with Gasteiger partial charge in [0.25, 0.3) is 0 Å². The van der Waals surface area contributed by atoms with E-state index in [1.807, 2.05) is 44.2 Å². The molecule has 2 N–H and O–H groups in total. The van der Waals surface area contributed by atoms with Crippen LogP contribution in [0.15, 0.2) is 48.1 Å². The second kappa shape index (κ2) is 6.18. The molecule has 116 valence electrons. The summed E-state index contributed by atoms with van der Waals surface area (Å²) < 4.78 is 0. The Hall–Kier alpha value is -2.36. The summed E-state index contributed by atoms with van der Waals surface area (Å²) in [5, 5.41) is 19.2. The first-order chi connectivity index (χ1) is 10.5. The molecule has 0 amide bonds. The molecule has 0 bridgehead atoms. The Morgan fingerprint density at radius 3 is 2.14 bits per heavy atom. The van der Waals surface area contributed by atoms with Gasteiger partial charge < -0.3 is 10.2 Å². The Bertz CT molecular complexity index is 626. The zero-order valence-corrected chi connectivity index (χ0v) is 12.7. The van der Waals surface area contributed by atoms with Crippen molar-refractivity contribution in [2.45, 2.75) is 26.7 Å². The van der Waals surface area contributed by atoms with Crippen molar-refractivity contribution in [2.24, 2.45) is 11.3 Å². The summed E-state index contributed by atoms with van der Waals surface area (Å²) >= 11 is 0. The molecule has 2 rings (SSSR count). The summed E-state index contributed by atoms with van der Waals surface area (Å²) in [4.78, 5) is 23.5. The highest BCUT2D eigenvalue weighted by atomic mass is 16.4. The summed E-state index contributed by atoms with van der Waals surface area (Å²) in [7, 11) is 0. The van der Waals surface area contributed by atoms with Crippen LogP contribution in [0, 0.1) is 11.3 Å². The van der Waals surface area contributed by atoms with E-state index >= 15 is 0 Å². The van der Waals surface area contributed by atoms with E-state index in [4.69, 9.17) is 0 Å². The number of allylic oxidation sites excluding steroid dienone is 3. The lowest BCUT2D eigenvalue weighted by molar-refractivity contribution is -0.163. The molecule has 22 heavy (non-hydrogen) atoms. The lowest BCUT2D eigenvalue weighted by Crippen LogP contribution is -2.46. The van der Waals surface area contributed by atoms with Gasteiger partial charge in [0.05, 0.1) is 0 Å². The minimum atomic E-state index is -1.88. The molecular weight excluding hydrogens is 280 g/mol. The highest BCUT2D eigenvalue weighted by Crippen LogP contribution is 2.46. The van der Waals surface area contributed by atoms with Crippen LogP contribution in [0.4, 0.5) is 0 Å². The van der Waals surface area contributed by atoms with Gasteiger partial charge in [-0.2, -0.15) is 0 Å². The van der Waals surface area contributed by atoms with Crippen LogP contribution in [0.3, 0.4) is 0 Å². The number of hydrogen-bond acceptors (Lipinski definition) is 2. The zero-order valence-electron chi connectivity index (χ0n) is 12.7. The molecule has 0 saturated heterocycles. The quantitative estimate of drug-likeness (QED) is 0.815. The van der Waals surface area contributed by atoms with Gasteiger partial charge in [-0.25, -0.2) is 0 Å². The van der Waals surface area contributed by atoms with E-state index in [-0.39, 0.29) is 0 Å². The molecular formula is C18H20O4. The number of benzene rings is 1. The molecule has 0 saturated carbocycles. The minimum Gasteiger partial charge on any atom is -0.480 e. The molecule has 1 atom stereocenters. The van der Waals surface area contributed by atoms with Crippen LogP contribution in [0.2, 0.25) is 0 Å². The van der Waals surface area contributed by atoms with Gasteiger partial charge in [0.15, 0.2) is 5.41 Å². The normalized spacial score (nSPS) is 20.0. The monoisotopic (exact) mass is 300 g/mol. The van der Waals surface area contributed by atoms with E-state index in [9.17, 15) is 19.8 Å². The fourth-order valence-electron chi connectivity index (χ4n) is 3.34. The predicted octanol–water partition coefficient (Wildman–Crippen LogP) is 3.60. The maximum Gasteiger partial charge on any atom is 0.325 e. The second-order valence-electron chi connectivity index (χ2n) is 5.43. The van der Waals surface area contributed by atoms with Crippen LogP contribution in [0.5, 0.6) is 0 Å². The molecule has 1 aromatic rings. The van der Waals surface area contributed by atoms with E-state index in [0.29, 0.717) is 12.8 Å². The fraction of sp³-hybridized carbons (Fsp3) is 0.333. The first-order valence-corrected chi connectivity index (χ1v) is 7.43. The van der Waals surface area contributed by atoms with Crippen LogP contribution in [-0.2, 0) is 9.59 Å². The van der Waals surface area contributed by atoms with Crippen molar-refractivity contribution in [1.29, 1.82) is 0 Å². The average Bonchev–Trinajstić information content (AvgIpc) is 2.53. The number of carboxylic acids is 2. The van der Waals surface area contributed by atoms with Crippen molar-refractivity contribution >= 4 is 17.5 Å². The molecule has 0 aliphatic heterocycles. The molecule has 1 unspecified atom stereocenters. The summed E-state index contributed by atoms with van der Waals surface area (Å²) in [6, 6.07) is 9.66. The molecule has 4 nitrogen and oxygen atoms in total. The third-order valence-electron chi connectivity index (χ3n) is 4.41. The number of carbonyl (C=O) groups is 2. The lowest BCUT2D eigenvalue weighted by atomic mass is 9.65. The molecule has 1 aliphatic rings. The van der Waals surface area contributed by atoms with Gasteiger partial charge in [0, 0.05) is 5.92 Å². The van der Waals surface area contributed by atoms with Crippen molar-refractivity contribution in [3.8, 4) is 0 Å². The fourth-order valence-corrected chi connectivity index (χ4v) is 3.34. The van der Waals surface area contributed by atoms with Gasteiger partial charge in [-0.3, -0.25) is 9.59 Å². The molecule has 4 heteroatoms. The van der Waals surface area contributed by atoms with Crippen LogP contribution >= 0.6 is 0 Å². The van der Waals surface area contributed by atoms with Crippen molar-refractivity contribution in [2.75, 3.05) is 0 Å². The molecule has 0 fully saturated rings. The molecule has 0 aromatic heterocycles. The van der Waals surface area contributed by atoms with Crippen molar-refractivity contribution in [3.63, 3.8) is 0 Å². The topological polar surface area (TPSA) is 74.6 Å². The molecule has 0 heterocycles. The van der Waals surface area contributed by atoms with Crippen molar-refractivity contribution in [3.05, 3.63) is 53.6 Å². The van der Waals surface area contributed by atoms with Crippen molar-refractivity contribution in [1.82, 2.24) is 0 Å². The van der Waals surface area contributed by atoms with Crippen LogP contribution in [0.1, 0.15) is 32.3 Å². The predicted molar refractivity (Wildman–Crippen MR) is 84.3 cm³/mol. The minimum absolute atomic E-state index is 0.461. The van der Waals surface area contributed by atoms with E-state index in [0.717, 1.165) is 16.7 Å². The van der Waals surface area contributed by atoms with Gasteiger partial charge in [0.2, 0.25) is 0 Å². The highest BCUT2D eigenvalue weighted by Gasteiger charge is 2.53. The van der Waals surface area contributed by atoms with E-state index < -0.39 is 23.3 Å². The maximum atomic E-state index is 11.7. The molecule has 0 spiro atoms. The van der Waals surface area contributed by atoms with E-state index in [1.54, 1.807) is 6.08 Å². The van der Waals surface area contributed by atoms with Crippen LogP contribution < -0.4 is 0 Å². The van der Waals surface area contributed by atoms with E-state index in [1.165, 1.54) is 6.08 Å². The Labute approximate surface area is 129 Å².